The molecule has 0 aliphatic rings. The third-order valence-electron chi connectivity index (χ3n) is 4.79. The van der Waals surface area contributed by atoms with Crippen LogP contribution in [0.5, 0.6) is 0 Å². The van der Waals surface area contributed by atoms with Crippen molar-refractivity contribution in [1.29, 1.82) is 0 Å². The molecule has 0 spiro atoms. The van der Waals surface area contributed by atoms with Crippen LogP contribution >= 0.6 is 0 Å². The predicted molar refractivity (Wildman–Crippen MR) is 94.7 cm³/mol. The molecule has 2 rings (SSSR count). The highest BCUT2D eigenvalue weighted by atomic mass is 19.1. The summed E-state index contributed by atoms with van der Waals surface area (Å²) in [6, 6.07) is 10.7. The number of carbonyl (C=O) groups is 1. The molecule has 0 aliphatic carbocycles. The van der Waals surface area contributed by atoms with Gasteiger partial charge in [0.2, 0.25) is 0 Å². The maximum Gasteiger partial charge on any atom is 0.168 e. The molecule has 0 heterocycles. The largest absolute Gasteiger partial charge is 0.382 e. The maximum absolute atomic E-state index is 13.3. The second kappa shape index (κ2) is 7.27. The van der Waals surface area contributed by atoms with Gasteiger partial charge in [-0.25, -0.2) is 4.39 Å². The number of benzene rings is 2. The molecule has 2 aromatic rings. The van der Waals surface area contributed by atoms with Crippen molar-refractivity contribution >= 4 is 5.78 Å². The first-order valence-corrected chi connectivity index (χ1v) is 8.26. The zero-order valence-electron chi connectivity index (χ0n) is 14.8. The topological polar surface area (TPSA) is 37.3 Å². The summed E-state index contributed by atoms with van der Waals surface area (Å²) >= 11 is 0. The van der Waals surface area contributed by atoms with Crippen LogP contribution in [-0.4, -0.2) is 16.5 Å². The second-order valence-corrected chi connectivity index (χ2v) is 6.82. The molecule has 0 unspecified atom stereocenters. The minimum absolute atomic E-state index is 0.112. The quantitative estimate of drug-likeness (QED) is 0.861. The van der Waals surface area contributed by atoms with Gasteiger partial charge in [-0.05, 0) is 74.4 Å². The SMILES string of the molecule is Cc1cc(CC(=O)[C@@](C)(O)CCc2cccc(C)c2C)ccc1F. The van der Waals surface area contributed by atoms with Crippen LogP contribution in [0.3, 0.4) is 0 Å². The predicted octanol–water partition coefficient (Wildman–Crippen LogP) is 4.25. The van der Waals surface area contributed by atoms with Gasteiger partial charge in [0.15, 0.2) is 5.78 Å². The fourth-order valence-corrected chi connectivity index (χ4v) is 2.79. The number of Topliss-reactive ketones (excluding diaryl/α,β-unsaturated/α-hetero) is 1. The number of ketones is 1. The van der Waals surface area contributed by atoms with E-state index in [-0.39, 0.29) is 18.0 Å². The molecule has 1 N–H and O–H groups in total. The van der Waals surface area contributed by atoms with Crippen molar-refractivity contribution in [3.8, 4) is 0 Å². The molecule has 2 aromatic carbocycles. The van der Waals surface area contributed by atoms with Gasteiger partial charge in [-0.2, -0.15) is 0 Å². The Labute approximate surface area is 143 Å². The Balaban J connectivity index is 2.04. The molecular formula is C21H25FO2. The number of halogens is 1. The summed E-state index contributed by atoms with van der Waals surface area (Å²) in [5.41, 5.74) is 3.41. The van der Waals surface area contributed by atoms with Crippen molar-refractivity contribution in [3.63, 3.8) is 0 Å². The van der Waals surface area contributed by atoms with Crippen LogP contribution in [-0.2, 0) is 17.6 Å². The van der Waals surface area contributed by atoms with Crippen molar-refractivity contribution in [3.05, 3.63) is 70.0 Å². The first-order chi connectivity index (χ1) is 11.2. The van der Waals surface area contributed by atoms with E-state index in [0.29, 0.717) is 18.4 Å². The van der Waals surface area contributed by atoms with Crippen molar-refractivity contribution in [2.24, 2.45) is 0 Å². The molecule has 24 heavy (non-hydrogen) atoms. The van der Waals surface area contributed by atoms with Gasteiger partial charge in [-0.3, -0.25) is 4.79 Å². The highest BCUT2D eigenvalue weighted by Crippen LogP contribution is 2.21. The molecule has 0 aromatic heterocycles. The lowest BCUT2D eigenvalue weighted by Crippen LogP contribution is -2.37. The summed E-state index contributed by atoms with van der Waals surface area (Å²) < 4.78 is 13.3. The first-order valence-electron chi connectivity index (χ1n) is 8.26. The van der Waals surface area contributed by atoms with Gasteiger partial charge >= 0.3 is 0 Å². The van der Waals surface area contributed by atoms with E-state index >= 15 is 0 Å². The molecule has 1 atom stereocenters. The zero-order chi connectivity index (χ0) is 17.9. The van der Waals surface area contributed by atoms with Gasteiger partial charge < -0.3 is 5.11 Å². The molecule has 0 bridgehead atoms. The van der Waals surface area contributed by atoms with Crippen molar-refractivity contribution in [2.75, 3.05) is 0 Å². The van der Waals surface area contributed by atoms with Gasteiger partial charge in [0, 0.05) is 6.42 Å². The maximum atomic E-state index is 13.3. The first kappa shape index (κ1) is 18.3. The summed E-state index contributed by atoms with van der Waals surface area (Å²) in [5.74, 6) is -0.522. The van der Waals surface area contributed by atoms with Crippen molar-refractivity contribution < 1.29 is 14.3 Å². The Kier molecular flexibility index (Phi) is 5.55. The van der Waals surface area contributed by atoms with E-state index < -0.39 is 5.60 Å². The van der Waals surface area contributed by atoms with E-state index in [1.54, 1.807) is 26.0 Å². The zero-order valence-corrected chi connectivity index (χ0v) is 14.8. The lowest BCUT2D eigenvalue weighted by Gasteiger charge is -2.22. The molecule has 3 heteroatoms. The molecule has 2 nitrogen and oxygen atoms in total. The monoisotopic (exact) mass is 328 g/mol. The molecule has 0 radical (unpaired) electrons. The smallest absolute Gasteiger partial charge is 0.168 e. The fourth-order valence-electron chi connectivity index (χ4n) is 2.79. The molecule has 0 fully saturated rings. The molecule has 0 amide bonds. The molecule has 0 saturated carbocycles. The van der Waals surface area contributed by atoms with Crippen LogP contribution < -0.4 is 0 Å². The van der Waals surface area contributed by atoms with E-state index in [2.05, 4.69) is 19.9 Å². The van der Waals surface area contributed by atoms with Gasteiger partial charge in [-0.15, -0.1) is 0 Å². The Morgan fingerprint density at radius 3 is 2.50 bits per heavy atom. The number of hydrogen-bond donors (Lipinski definition) is 1. The summed E-state index contributed by atoms with van der Waals surface area (Å²) in [6.45, 7) is 7.35. The minimum atomic E-state index is -1.39. The van der Waals surface area contributed by atoms with E-state index in [1.165, 1.54) is 17.2 Å². The number of aliphatic hydroxyl groups is 1. The Hall–Kier alpha value is -2.00. The van der Waals surface area contributed by atoms with Crippen LogP contribution in [0.15, 0.2) is 36.4 Å². The Morgan fingerprint density at radius 1 is 1.12 bits per heavy atom. The summed E-state index contributed by atoms with van der Waals surface area (Å²) in [6.07, 6.45) is 1.13. The highest BCUT2D eigenvalue weighted by molar-refractivity contribution is 5.88. The van der Waals surface area contributed by atoms with Crippen LogP contribution in [0, 0.1) is 26.6 Å². The average molecular weight is 328 g/mol. The summed E-state index contributed by atoms with van der Waals surface area (Å²) in [7, 11) is 0. The molecule has 128 valence electrons. The third-order valence-corrected chi connectivity index (χ3v) is 4.79. The molecule has 0 saturated heterocycles. The van der Waals surface area contributed by atoms with E-state index in [0.717, 1.165) is 11.1 Å². The Bertz CT molecular complexity index is 747. The third kappa shape index (κ3) is 4.30. The van der Waals surface area contributed by atoms with Gasteiger partial charge in [0.05, 0.1) is 0 Å². The number of aryl methyl sites for hydroxylation is 3. The highest BCUT2D eigenvalue weighted by Gasteiger charge is 2.29. The van der Waals surface area contributed by atoms with Gasteiger partial charge in [-0.1, -0.05) is 30.3 Å². The van der Waals surface area contributed by atoms with Crippen LogP contribution in [0.4, 0.5) is 4.39 Å². The van der Waals surface area contributed by atoms with Gasteiger partial charge in [0.25, 0.3) is 0 Å². The van der Waals surface area contributed by atoms with Crippen molar-refractivity contribution in [1.82, 2.24) is 0 Å². The minimum Gasteiger partial charge on any atom is -0.382 e. The standard InChI is InChI=1S/C21H25FO2/c1-14-6-5-7-18(16(14)3)10-11-21(4,24)20(23)13-17-8-9-19(22)15(2)12-17/h5-9,12,24H,10-11,13H2,1-4H3/t21-/m0/s1. The lowest BCUT2D eigenvalue weighted by atomic mass is 9.88. The van der Waals surface area contributed by atoms with Gasteiger partial charge in [0.1, 0.15) is 11.4 Å². The number of carbonyl (C=O) groups excluding carboxylic acids is 1. The lowest BCUT2D eigenvalue weighted by molar-refractivity contribution is -0.135. The molecular weight excluding hydrogens is 303 g/mol. The van der Waals surface area contributed by atoms with E-state index in [1.807, 2.05) is 12.1 Å². The summed E-state index contributed by atoms with van der Waals surface area (Å²) in [4.78, 5) is 12.5. The van der Waals surface area contributed by atoms with Crippen LogP contribution in [0.25, 0.3) is 0 Å². The second-order valence-electron chi connectivity index (χ2n) is 6.82. The average Bonchev–Trinajstić information content (AvgIpc) is 2.52. The van der Waals surface area contributed by atoms with Crippen LogP contribution in [0.2, 0.25) is 0 Å². The van der Waals surface area contributed by atoms with Crippen LogP contribution in [0.1, 0.15) is 41.2 Å². The fraction of sp³-hybridized carbons (Fsp3) is 0.381. The van der Waals surface area contributed by atoms with Crippen molar-refractivity contribution in [2.45, 2.75) is 52.6 Å². The number of hydrogen-bond acceptors (Lipinski definition) is 2. The summed E-state index contributed by atoms with van der Waals surface area (Å²) in [5, 5.41) is 10.6. The Morgan fingerprint density at radius 2 is 1.83 bits per heavy atom. The van der Waals surface area contributed by atoms with E-state index in [4.69, 9.17) is 0 Å². The normalized spacial score (nSPS) is 13.6. The number of rotatable bonds is 6. The molecule has 0 aliphatic heterocycles. The van der Waals surface area contributed by atoms with E-state index in [9.17, 15) is 14.3 Å².